The summed E-state index contributed by atoms with van der Waals surface area (Å²) in [6, 6.07) is 6.13. The first kappa shape index (κ1) is 23.3. The third kappa shape index (κ3) is 3.87. The number of rotatable bonds is 3. The van der Waals surface area contributed by atoms with E-state index in [0.717, 1.165) is 12.1 Å². The minimum atomic E-state index is -4.48. The molecule has 0 saturated carbocycles. The third-order valence-corrected chi connectivity index (χ3v) is 6.20. The molecule has 0 aliphatic carbocycles. The van der Waals surface area contributed by atoms with E-state index >= 15 is 0 Å². The van der Waals surface area contributed by atoms with Crippen LogP contribution in [-0.2, 0) is 27.1 Å². The van der Waals surface area contributed by atoms with Crippen LogP contribution in [0.3, 0.4) is 0 Å². The van der Waals surface area contributed by atoms with Gasteiger partial charge in [0.25, 0.3) is 5.91 Å². The second kappa shape index (κ2) is 8.17. The molecule has 2 aliphatic heterocycles. The Kier molecular flexibility index (Phi) is 5.59. The molecule has 1 spiro atoms. The van der Waals surface area contributed by atoms with E-state index in [9.17, 15) is 27.6 Å². The SMILES string of the molecule is C#Cc1cnc(N2CC(=O)N(Cc3ccc(C(F)(F)F)cc3)C3(CN(C(C)=O)C3)C2=O)c(C)c1. The largest absolute Gasteiger partial charge is 0.416 e. The molecule has 3 amide bonds. The lowest BCUT2D eigenvalue weighted by Gasteiger charge is -2.57. The fourth-order valence-corrected chi connectivity index (χ4v) is 4.33. The summed E-state index contributed by atoms with van der Waals surface area (Å²) < 4.78 is 38.7. The molecule has 2 saturated heterocycles. The number of carbonyl (C=O) groups is 3. The lowest BCUT2D eigenvalue weighted by molar-refractivity contribution is -0.169. The smallest absolute Gasteiger partial charge is 0.337 e. The molecule has 10 heteroatoms. The lowest BCUT2D eigenvalue weighted by atomic mass is 9.83. The summed E-state index contributed by atoms with van der Waals surface area (Å²) in [5.74, 6) is 1.72. The number of likely N-dealkylation sites (tertiary alicyclic amines) is 1. The Balaban J connectivity index is 1.67. The van der Waals surface area contributed by atoms with Gasteiger partial charge in [-0.3, -0.25) is 19.3 Å². The number of terminal acetylenes is 1. The summed E-state index contributed by atoms with van der Waals surface area (Å²) in [7, 11) is 0. The van der Waals surface area contributed by atoms with Crippen molar-refractivity contribution in [3.63, 3.8) is 0 Å². The number of amides is 3. The molecule has 7 nitrogen and oxygen atoms in total. The van der Waals surface area contributed by atoms with E-state index in [4.69, 9.17) is 6.42 Å². The topological polar surface area (TPSA) is 73.8 Å². The molecule has 34 heavy (non-hydrogen) atoms. The van der Waals surface area contributed by atoms with Crippen LogP contribution in [0.25, 0.3) is 0 Å². The Morgan fingerprint density at radius 1 is 1.21 bits per heavy atom. The maximum atomic E-state index is 13.7. The number of pyridine rings is 1. The quantitative estimate of drug-likeness (QED) is 0.646. The predicted molar refractivity (Wildman–Crippen MR) is 116 cm³/mol. The molecule has 0 unspecified atom stereocenters. The molecule has 0 radical (unpaired) electrons. The fraction of sp³-hybridized carbons (Fsp3) is 0.333. The van der Waals surface area contributed by atoms with Crippen molar-refractivity contribution in [1.82, 2.24) is 14.8 Å². The van der Waals surface area contributed by atoms with E-state index in [1.165, 1.54) is 40.0 Å². The average Bonchev–Trinajstić information content (AvgIpc) is 2.74. The van der Waals surface area contributed by atoms with Crippen molar-refractivity contribution < 1.29 is 27.6 Å². The van der Waals surface area contributed by atoms with E-state index in [1.54, 1.807) is 13.0 Å². The Bertz CT molecular complexity index is 1210. The predicted octanol–water partition coefficient (Wildman–Crippen LogP) is 2.37. The van der Waals surface area contributed by atoms with Crippen molar-refractivity contribution >= 4 is 23.5 Å². The van der Waals surface area contributed by atoms with Crippen LogP contribution in [0.2, 0.25) is 0 Å². The van der Waals surface area contributed by atoms with Gasteiger partial charge in [-0.25, -0.2) is 4.98 Å². The second-order valence-electron chi connectivity index (χ2n) is 8.48. The number of nitrogens with zero attached hydrogens (tertiary/aromatic N) is 4. The van der Waals surface area contributed by atoms with Gasteiger partial charge in [-0.2, -0.15) is 13.2 Å². The first-order valence-corrected chi connectivity index (χ1v) is 10.4. The molecule has 0 N–H and O–H groups in total. The van der Waals surface area contributed by atoms with Crippen molar-refractivity contribution in [1.29, 1.82) is 0 Å². The van der Waals surface area contributed by atoms with E-state index < -0.39 is 29.1 Å². The molecule has 2 aliphatic rings. The average molecular weight is 470 g/mol. The van der Waals surface area contributed by atoms with Crippen LogP contribution in [0, 0.1) is 19.3 Å². The molecule has 3 heterocycles. The minimum Gasteiger partial charge on any atom is -0.337 e. The van der Waals surface area contributed by atoms with Crippen LogP contribution >= 0.6 is 0 Å². The zero-order valence-electron chi connectivity index (χ0n) is 18.5. The first-order valence-electron chi connectivity index (χ1n) is 10.4. The summed E-state index contributed by atoms with van der Waals surface area (Å²) in [5.41, 5.74) is -0.548. The number of benzene rings is 1. The van der Waals surface area contributed by atoms with E-state index in [2.05, 4.69) is 10.9 Å². The van der Waals surface area contributed by atoms with Crippen molar-refractivity contribution in [3.8, 4) is 12.3 Å². The molecule has 1 aromatic heterocycles. The van der Waals surface area contributed by atoms with Crippen molar-refractivity contribution in [2.24, 2.45) is 0 Å². The Hall–Kier alpha value is -3.87. The van der Waals surface area contributed by atoms with E-state index in [1.807, 2.05) is 0 Å². The molecule has 4 rings (SSSR count). The van der Waals surface area contributed by atoms with Gasteiger partial charge in [-0.05, 0) is 36.2 Å². The van der Waals surface area contributed by atoms with Gasteiger partial charge < -0.3 is 9.80 Å². The molecular weight excluding hydrogens is 449 g/mol. The summed E-state index contributed by atoms with van der Waals surface area (Å²) >= 11 is 0. The zero-order chi connectivity index (χ0) is 24.8. The van der Waals surface area contributed by atoms with Crippen molar-refractivity contribution in [2.45, 2.75) is 32.1 Å². The number of halogens is 3. The monoisotopic (exact) mass is 470 g/mol. The number of aryl methyl sites for hydroxylation is 1. The summed E-state index contributed by atoms with van der Waals surface area (Å²) in [6.07, 6.45) is 2.36. The number of anilines is 1. The van der Waals surface area contributed by atoms with E-state index in [0.29, 0.717) is 22.5 Å². The lowest BCUT2D eigenvalue weighted by Crippen LogP contribution is -2.81. The molecule has 0 bridgehead atoms. The number of aromatic nitrogens is 1. The van der Waals surface area contributed by atoms with Crippen molar-refractivity contribution in [3.05, 3.63) is 58.8 Å². The number of alkyl halides is 3. The highest BCUT2D eigenvalue weighted by Gasteiger charge is 2.60. The molecule has 2 aromatic rings. The van der Waals surface area contributed by atoms with Crippen LogP contribution in [0.1, 0.15) is 29.2 Å². The number of hydrogen-bond acceptors (Lipinski definition) is 4. The molecule has 0 atom stereocenters. The highest BCUT2D eigenvalue weighted by Crippen LogP contribution is 2.37. The van der Waals surface area contributed by atoms with Gasteiger partial charge in [-0.1, -0.05) is 18.1 Å². The highest BCUT2D eigenvalue weighted by molar-refractivity contribution is 6.10. The van der Waals surface area contributed by atoms with Crippen LogP contribution < -0.4 is 4.90 Å². The molecule has 2 fully saturated rings. The summed E-state index contributed by atoms with van der Waals surface area (Å²) in [6.45, 7) is 2.72. The Labute approximate surface area is 194 Å². The van der Waals surface area contributed by atoms with Gasteiger partial charge in [0.2, 0.25) is 11.8 Å². The van der Waals surface area contributed by atoms with Crippen LogP contribution in [0.15, 0.2) is 36.5 Å². The first-order chi connectivity index (χ1) is 16.0. The van der Waals surface area contributed by atoms with Crippen molar-refractivity contribution in [2.75, 3.05) is 24.5 Å². The second-order valence-corrected chi connectivity index (χ2v) is 8.48. The maximum absolute atomic E-state index is 13.7. The van der Waals surface area contributed by atoms with Gasteiger partial charge in [0.05, 0.1) is 18.7 Å². The minimum absolute atomic E-state index is 0.00840. The van der Waals surface area contributed by atoms with Crippen LogP contribution in [-0.4, -0.2) is 57.7 Å². The maximum Gasteiger partial charge on any atom is 0.416 e. The van der Waals surface area contributed by atoms with Crippen LogP contribution in [0.5, 0.6) is 0 Å². The highest BCUT2D eigenvalue weighted by atomic mass is 19.4. The number of carbonyl (C=O) groups excluding carboxylic acids is 3. The molecular formula is C24H21F3N4O3. The Morgan fingerprint density at radius 3 is 2.38 bits per heavy atom. The van der Waals surface area contributed by atoms with E-state index in [-0.39, 0.29) is 32.1 Å². The molecule has 1 aromatic carbocycles. The van der Waals surface area contributed by atoms with Gasteiger partial charge in [-0.15, -0.1) is 6.42 Å². The van der Waals surface area contributed by atoms with Gasteiger partial charge >= 0.3 is 6.18 Å². The number of piperazine rings is 1. The van der Waals surface area contributed by atoms with Gasteiger partial charge in [0, 0.05) is 25.2 Å². The number of hydrogen-bond donors (Lipinski definition) is 0. The normalized spacial score (nSPS) is 17.6. The molecule has 176 valence electrons. The Morgan fingerprint density at radius 2 is 1.85 bits per heavy atom. The van der Waals surface area contributed by atoms with Crippen LogP contribution in [0.4, 0.5) is 19.0 Å². The summed E-state index contributed by atoms with van der Waals surface area (Å²) in [5, 5.41) is 0. The fourth-order valence-electron chi connectivity index (χ4n) is 4.33. The third-order valence-electron chi connectivity index (χ3n) is 6.20. The summed E-state index contributed by atoms with van der Waals surface area (Å²) in [4.78, 5) is 47.2. The van der Waals surface area contributed by atoms with Gasteiger partial charge in [0.1, 0.15) is 12.4 Å². The zero-order valence-corrected chi connectivity index (χ0v) is 18.5. The van der Waals surface area contributed by atoms with Gasteiger partial charge in [0.15, 0.2) is 5.54 Å². The standard InChI is InChI=1S/C24H21F3N4O3/c1-4-17-9-15(2)21(28-10-17)30-12-20(33)31(23(22(30)34)13-29(14-23)16(3)32)11-18-5-7-19(8-6-18)24(25,26)27/h1,5-10H,11-14H2,2-3H3.